The summed E-state index contributed by atoms with van der Waals surface area (Å²) in [6.07, 6.45) is 1.79. The Morgan fingerprint density at radius 2 is 1.92 bits per heavy atom. The van der Waals surface area contributed by atoms with Crippen LogP contribution < -0.4 is 4.74 Å². The number of halogens is 2. The molecule has 0 aliphatic heterocycles. The van der Waals surface area contributed by atoms with Crippen LogP contribution in [0.4, 0.5) is 4.39 Å². The van der Waals surface area contributed by atoms with E-state index in [9.17, 15) is 9.18 Å². The Kier molecular flexibility index (Phi) is 5.78. The second kappa shape index (κ2) is 8.23. The number of ether oxygens (including phenoxy) is 1. The maximum absolute atomic E-state index is 14.3. The molecule has 7 heteroatoms. The third kappa shape index (κ3) is 3.83. The fourth-order valence-electron chi connectivity index (χ4n) is 2.37. The molecule has 0 atom stereocenters. The second-order valence-electron chi connectivity index (χ2n) is 5.60. The summed E-state index contributed by atoms with van der Waals surface area (Å²) in [4.78, 5) is 17.2. The van der Waals surface area contributed by atoms with Crippen LogP contribution in [0.5, 0.6) is 6.01 Å². The minimum atomic E-state index is -0.485. The van der Waals surface area contributed by atoms with Crippen molar-refractivity contribution in [1.82, 2.24) is 14.8 Å². The lowest BCUT2D eigenvalue weighted by molar-refractivity contribution is 0.0944. The van der Waals surface area contributed by atoms with Crippen LogP contribution in [-0.4, -0.2) is 27.3 Å². The maximum Gasteiger partial charge on any atom is 0.336 e. The van der Waals surface area contributed by atoms with Gasteiger partial charge in [-0.2, -0.15) is 9.67 Å². The number of unbranched alkanes of at least 4 members (excludes halogenated alkanes) is 1. The van der Waals surface area contributed by atoms with Crippen LogP contribution in [0.15, 0.2) is 53.0 Å². The molecule has 0 bridgehead atoms. The van der Waals surface area contributed by atoms with E-state index in [-0.39, 0.29) is 17.4 Å². The number of benzene rings is 2. The molecule has 26 heavy (non-hydrogen) atoms. The number of hydrogen-bond donors (Lipinski definition) is 0. The Morgan fingerprint density at radius 1 is 1.19 bits per heavy atom. The van der Waals surface area contributed by atoms with Gasteiger partial charge < -0.3 is 4.74 Å². The Bertz CT molecular complexity index is 927. The molecular formula is C19H17BrFN3O2. The normalized spacial score (nSPS) is 10.7. The summed E-state index contributed by atoms with van der Waals surface area (Å²) in [5, 5.41) is 4.16. The van der Waals surface area contributed by atoms with E-state index in [1.165, 1.54) is 6.07 Å². The van der Waals surface area contributed by atoms with Crippen molar-refractivity contribution in [2.75, 3.05) is 6.61 Å². The van der Waals surface area contributed by atoms with Crippen LogP contribution in [0.25, 0.3) is 11.4 Å². The SMILES string of the molecule is CCCCOc1nc(-c2ccccc2F)n(C(=O)c2ccccc2Br)n1. The first-order chi connectivity index (χ1) is 12.6. The van der Waals surface area contributed by atoms with Crippen molar-refractivity contribution in [3.8, 4) is 17.4 Å². The van der Waals surface area contributed by atoms with E-state index in [2.05, 4.69) is 26.0 Å². The van der Waals surface area contributed by atoms with Crippen molar-refractivity contribution in [3.05, 3.63) is 64.4 Å². The smallest absolute Gasteiger partial charge is 0.336 e. The second-order valence-corrected chi connectivity index (χ2v) is 6.45. The lowest BCUT2D eigenvalue weighted by Gasteiger charge is -2.06. The van der Waals surface area contributed by atoms with E-state index in [1.807, 2.05) is 6.92 Å². The van der Waals surface area contributed by atoms with E-state index in [1.54, 1.807) is 42.5 Å². The Morgan fingerprint density at radius 3 is 2.65 bits per heavy atom. The summed E-state index contributed by atoms with van der Waals surface area (Å²) in [6.45, 7) is 2.47. The summed E-state index contributed by atoms with van der Waals surface area (Å²) in [6, 6.07) is 13.1. The van der Waals surface area contributed by atoms with Crippen LogP contribution in [0.2, 0.25) is 0 Å². The molecule has 0 amide bonds. The predicted molar refractivity (Wildman–Crippen MR) is 99.7 cm³/mol. The highest BCUT2D eigenvalue weighted by molar-refractivity contribution is 9.10. The Hall–Kier alpha value is -2.54. The summed E-state index contributed by atoms with van der Waals surface area (Å²) < 4.78 is 21.5. The Labute approximate surface area is 159 Å². The van der Waals surface area contributed by atoms with Gasteiger partial charge in [-0.25, -0.2) is 4.39 Å². The molecule has 3 aromatic rings. The highest BCUT2D eigenvalue weighted by Gasteiger charge is 2.23. The average Bonchev–Trinajstić information content (AvgIpc) is 3.06. The fraction of sp³-hybridized carbons (Fsp3) is 0.211. The van der Waals surface area contributed by atoms with Crippen molar-refractivity contribution in [2.45, 2.75) is 19.8 Å². The largest absolute Gasteiger partial charge is 0.462 e. The van der Waals surface area contributed by atoms with Gasteiger partial charge in [-0.3, -0.25) is 4.79 Å². The molecule has 0 aliphatic rings. The molecule has 5 nitrogen and oxygen atoms in total. The molecule has 0 aliphatic carbocycles. The zero-order chi connectivity index (χ0) is 18.5. The zero-order valence-electron chi connectivity index (χ0n) is 14.2. The number of carbonyl (C=O) groups excluding carboxylic acids is 1. The number of carbonyl (C=O) groups is 1. The molecule has 0 radical (unpaired) electrons. The van der Waals surface area contributed by atoms with Crippen LogP contribution in [0.1, 0.15) is 30.1 Å². The van der Waals surface area contributed by atoms with Crippen molar-refractivity contribution in [3.63, 3.8) is 0 Å². The zero-order valence-corrected chi connectivity index (χ0v) is 15.7. The Balaban J connectivity index is 2.06. The summed E-state index contributed by atoms with van der Waals surface area (Å²) in [7, 11) is 0. The molecule has 0 fully saturated rings. The van der Waals surface area contributed by atoms with Gasteiger partial charge in [-0.05, 0) is 46.6 Å². The minimum absolute atomic E-state index is 0.0529. The first kappa shape index (κ1) is 18.3. The van der Waals surface area contributed by atoms with E-state index in [4.69, 9.17) is 4.74 Å². The summed E-state index contributed by atoms with van der Waals surface area (Å²) in [5.41, 5.74) is 0.584. The van der Waals surface area contributed by atoms with Gasteiger partial charge in [0.1, 0.15) is 5.82 Å². The molecule has 0 N–H and O–H groups in total. The van der Waals surface area contributed by atoms with Crippen LogP contribution in [0.3, 0.4) is 0 Å². The molecule has 134 valence electrons. The molecule has 0 spiro atoms. The van der Waals surface area contributed by atoms with E-state index < -0.39 is 11.7 Å². The standard InChI is InChI=1S/C19H17BrFN3O2/c1-2-3-12-26-19-22-17(14-9-5-7-11-16(14)21)24(23-19)18(25)13-8-4-6-10-15(13)20/h4-11H,2-3,12H2,1H3. The topological polar surface area (TPSA) is 57.0 Å². The molecule has 1 aromatic heterocycles. The third-order valence-electron chi connectivity index (χ3n) is 3.73. The van der Waals surface area contributed by atoms with E-state index in [0.717, 1.165) is 17.5 Å². The van der Waals surface area contributed by atoms with Gasteiger partial charge >= 0.3 is 6.01 Å². The van der Waals surface area contributed by atoms with Gasteiger partial charge in [0, 0.05) is 4.47 Å². The minimum Gasteiger partial charge on any atom is -0.462 e. The van der Waals surface area contributed by atoms with Gasteiger partial charge in [0.2, 0.25) is 0 Å². The quantitative estimate of drug-likeness (QED) is 0.544. The molecule has 0 saturated carbocycles. The molecule has 0 unspecified atom stereocenters. The molecule has 0 saturated heterocycles. The number of aromatic nitrogens is 3. The highest BCUT2D eigenvalue weighted by Crippen LogP contribution is 2.25. The maximum atomic E-state index is 14.3. The summed E-state index contributed by atoms with van der Waals surface area (Å²) in [5.74, 6) is -0.801. The van der Waals surface area contributed by atoms with Crippen molar-refractivity contribution >= 4 is 21.8 Å². The molecule has 3 rings (SSSR count). The van der Waals surface area contributed by atoms with Gasteiger partial charge in [-0.1, -0.05) is 37.6 Å². The van der Waals surface area contributed by atoms with E-state index in [0.29, 0.717) is 16.6 Å². The van der Waals surface area contributed by atoms with Crippen LogP contribution in [-0.2, 0) is 0 Å². The lowest BCUT2D eigenvalue weighted by Crippen LogP contribution is -2.16. The monoisotopic (exact) mass is 417 g/mol. The highest BCUT2D eigenvalue weighted by atomic mass is 79.9. The fourth-order valence-corrected chi connectivity index (χ4v) is 2.82. The first-order valence-corrected chi connectivity index (χ1v) is 9.05. The van der Waals surface area contributed by atoms with Gasteiger partial charge in [0.15, 0.2) is 5.82 Å². The molecule has 1 heterocycles. The van der Waals surface area contributed by atoms with Crippen molar-refractivity contribution in [2.24, 2.45) is 0 Å². The van der Waals surface area contributed by atoms with Crippen LogP contribution >= 0.6 is 15.9 Å². The number of hydrogen-bond acceptors (Lipinski definition) is 4. The first-order valence-electron chi connectivity index (χ1n) is 8.25. The van der Waals surface area contributed by atoms with Gasteiger partial charge in [0.25, 0.3) is 5.91 Å². The third-order valence-corrected chi connectivity index (χ3v) is 4.42. The van der Waals surface area contributed by atoms with Gasteiger partial charge in [-0.15, -0.1) is 5.10 Å². The predicted octanol–water partition coefficient (Wildman–Crippen LogP) is 4.71. The van der Waals surface area contributed by atoms with Gasteiger partial charge in [0.05, 0.1) is 17.7 Å². The number of rotatable bonds is 6. The lowest BCUT2D eigenvalue weighted by atomic mass is 10.2. The molecule has 2 aromatic carbocycles. The van der Waals surface area contributed by atoms with Crippen LogP contribution in [0, 0.1) is 5.82 Å². The van der Waals surface area contributed by atoms with E-state index >= 15 is 0 Å². The number of nitrogens with zero attached hydrogens (tertiary/aromatic N) is 3. The average molecular weight is 418 g/mol. The molecular weight excluding hydrogens is 401 g/mol. The summed E-state index contributed by atoms with van der Waals surface area (Å²) >= 11 is 3.36. The van der Waals surface area contributed by atoms with Crippen molar-refractivity contribution in [1.29, 1.82) is 0 Å². The van der Waals surface area contributed by atoms with Crippen molar-refractivity contribution < 1.29 is 13.9 Å².